The zero-order valence-corrected chi connectivity index (χ0v) is 20.7. The van der Waals surface area contributed by atoms with Crippen LogP contribution in [0.25, 0.3) is 0 Å². The lowest BCUT2D eigenvalue weighted by molar-refractivity contribution is 0.0685. The molecule has 4 atom stereocenters. The van der Waals surface area contributed by atoms with E-state index in [1.54, 1.807) is 48.5 Å². The number of hydrogen-bond donors (Lipinski definition) is 4. The molecule has 0 aliphatic heterocycles. The highest BCUT2D eigenvalue weighted by Crippen LogP contribution is 2.64. The Morgan fingerprint density at radius 1 is 0.350 bits per heavy atom. The average Bonchev–Trinajstić information content (AvgIpc) is 2.92. The zero-order chi connectivity index (χ0) is 28.0. The van der Waals surface area contributed by atoms with E-state index in [9.17, 15) is 39.6 Å². The van der Waals surface area contributed by atoms with Gasteiger partial charge in [0.1, 0.15) is 0 Å². The molecule has 0 unspecified atom stereocenters. The molecular formula is C32H20O8. The van der Waals surface area contributed by atoms with Crippen molar-refractivity contribution < 1.29 is 39.6 Å². The summed E-state index contributed by atoms with van der Waals surface area (Å²) < 4.78 is 0. The summed E-state index contributed by atoms with van der Waals surface area (Å²) in [7, 11) is 0. The summed E-state index contributed by atoms with van der Waals surface area (Å²) in [6.07, 6.45) is 0. The van der Waals surface area contributed by atoms with Gasteiger partial charge in [0.05, 0.1) is 22.3 Å². The molecule has 0 heterocycles. The van der Waals surface area contributed by atoms with Crippen molar-refractivity contribution in [1.29, 1.82) is 0 Å². The molecule has 8 heteroatoms. The van der Waals surface area contributed by atoms with Crippen molar-refractivity contribution in [3.63, 3.8) is 0 Å². The Morgan fingerprint density at radius 3 is 0.725 bits per heavy atom. The maximum absolute atomic E-state index is 12.0. The van der Waals surface area contributed by atoms with Crippen LogP contribution in [0, 0.1) is 0 Å². The maximum atomic E-state index is 12.0. The summed E-state index contributed by atoms with van der Waals surface area (Å²) in [5.74, 6) is -6.19. The van der Waals surface area contributed by atoms with E-state index >= 15 is 0 Å². The molecule has 0 fully saturated rings. The Morgan fingerprint density at radius 2 is 0.550 bits per heavy atom. The fraction of sp³-hybridized carbons (Fsp3) is 0.125. The molecule has 4 aromatic rings. The maximum Gasteiger partial charge on any atom is 0.335 e. The summed E-state index contributed by atoms with van der Waals surface area (Å²) in [4.78, 5) is 48.0. The fourth-order valence-electron chi connectivity index (χ4n) is 7.15. The molecule has 10 rings (SSSR count). The molecule has 8 nitrogen and oxygen atoms in total. The molecule has 6 aliphatic carbocycles. The number of carbonyl (C=O) groups is 4. The number of rotatable bonds is 4. The van der Waals surface area contributed by atoms with Crippen molar-refractivity contribution in [2.75, 3.05) is 0 Å². The zero-order valence-electron chi connectivity index (χ0n) is 20.7. The molecule has 0 saturated heterocycles. The van der Waals surface area contributed by atoms with Gasteiger partial charge >= 0.3 is 23.9 Å². The lowest BCUT2D eigenvalue weighted by Crippen LogP contribution is -2.36. The van der Waals surface area contributed by atoms with Crippen LogP contribution in [-0.4, -0.2) is 44.3 Å². The van der Waals surface area contributed by atoms with E-state index in [0.717, 1.165) is 44.5 Å². The third kappa shape index (κ3) is 3.13. The van der Waals surface area contributed by atoms with Gasteiger partial charge in [-0.2, -0.15) is 0 Å². The highest BCUT2D eigenvalue weighted by molar-refractivity contribution is 5.91. The van der Waals surface area contributed by atoms with Crippen molar-refractivity contribution in [2.45, 2.75) is 23.7 Å². The van der Waals surface area contributed by atoms with Crippen LogP contribution in [0.1, 0.15) is 110 Å². The summed E-state index contributed by atoms with van der Waals surface area (Å²) in [6.45, 7) is 0. The van der Waals surface area contributed by atoms with Crippen LogP contribution in [0.3, 0.4) is 0 Å². The first-order chi connectivity index (χ1) is 19.2. The molecule has 0 aromatic heterocycles. The van der Waals surface area contributed by atoms with E-state index < -0.39 is 47.5 Å². The van der Waals surface area contributed by atoms with Crippen molar-refractivity contribution in [1.82, 2.24) is 0 Å². The monoisotopic (exact) mass is 532 g/mol. The van der Waals surface area contributed by atoms with Crippen LogP contribution in [0.4, 0.5) is 0 Å². The number of hydrogen-bond acceptors (Lipinski definition) is 4. The Hall–Kier alpha value is -5.24. The van der Waals surface area contributed by atoms with Crippen LogP contribution in [-0.2, 0) is 0 Å². The lowest BCUT2D eigenvalue weighted by Gasteiger charge is -2.50. The topological polar surface area (TPSA) is 149 Å². The van der Waals surface area contributed by atoms with E-state index in [2.05, 4.69) is 0 Å². The molecule has 4 N–H and O–H groups in total. The van der Waals surface area contributed by atoms with Gasteiger partial charge < -0.3 is 20.4 Å². The third-order valence-electron chi connectivity index (χ3n) is 8.68. The molecular weight excluding hydrogens is 512 g/mol. The first-order valence-corrected chi connectivity index (χ1v) is 12.6. The van der Waals surface area contributed by atoms with Gasteiger partial charge in [-0.15, -0.1) is 0 Å². The SMILES string of the molecule is O=C(O)c1ccc2c(c1)[C@H]1c3ccc(C(=O)O)cc3[C@@H]2[C@H]2c3ccc(C(=O)O)cc3[C@@H]1c1ccc(C(=O)O)cc12. The minimum absolute atomic E-state index is 0.116. The van der Waals surface area contributed by atoms with Crippen molar-refractivity contribution in [3.05, 3.63) is 140 Å². The Labute approximate surface area is 226 Å². The average molecular weight is 533 g/mol. The molecule has 4 bridgehead atoms. The number of benzene rings is 4. The molecule has 0 amide bonds. The van der Waals surface area contributed by atoms with E-state index in [0.29, 0.717) is 0 Å². The van der Waals surface area contributed by atoms with Crippen LogP contribution in [0.15, 0.2) is 72.8 Å². The second kappa shape index (κ2) is 8.13. The largest absolute Gasteiger partial charge is 0.478 e. The van der Waals surface area contributed by atoms with Crippen LogP contribution < -0.4 is 0 Å². The Kier molecular flexibility index (Phi) is 4.85. The molecule has 4 aromatic carbocycles. The van der Waals surface area contributed by atoms with Crippen molar-refractivity contribution in [3.8, 4) is 0 Å². The summed E-state index contributed by atoms with van der Waals surface area (Å²) in [5, 5.41) is 39.3. The molecule has 0 spiro atoms. The molecule has 0 radical (unpaired) electrons. The second-order valence-corrected chi connectivity index (χ2v) is 10.5. The van der Waals surface area contributed by atoms with Crippen LogP contribution in [0.2, 0.25) is 0 Å². The van der Waals surface area contributed by atoms with Crippen molar-refractivity contribution in [2.24, 2.45) is 0 Å². The van der Waals surface area contributed by atoms with Gasteiger partial charge in [0.25, 0.3) is 0 Å². The smallest absolute Gasteiger partial charge is 0.335 e. The normalized spacial score (nSPS) is 20.8. The molecule has 40 heavy (non-hydrogen) atoms. The number of carboxylic acids is 4. The van der Waals surface area contributed by atoms with Crippen LogP contribution >= 0.6 is 0 Å². The van der Waals surface area contributed by atoms with Gasteiger partial charge in [0.2, 0.25) is 0 Å². The summed E-state index contributed by atoms with van der Waals surface area (Å²) >= 11 is 0. The molecule has 6 aliphatic rings. The Bertz CT molecular complexity index is 1580. The van der Waals surface area contributed by atoms with Crippen LogP contribution in [0.5, 0.6) is 0 Å². The highest BCUT2D eigenvalue weighted by Gasteiger charge is 2.50. The number of aromatic carboxylic acids is 4. The molecule has 0 saturated carbocycles. The predicted molar refractivity (Wildman–Crippen MR) is 141 cm³/mol. The van der Waals surface area contributed by atoms with Gasteiger partial charge in [0, 0.05) is 23.7 Å². The first kappa shape index (κ1) is 23.8. The number of carboxylic acid groups (broad SMARTS) is 4. The van der Waals surface area contributed by atoms with E-state index in [1.165, 1.54) is 24.3 Å². The predicted octanol–water partition coefficient (Wildman–Crippen LogP) is 5.35. The van der Waals surface area contributed by atoms with Gasteiger partial charge in [-0.05, 0) is 93.0 Å². The molecule has 196 valence electrons. The summed E-state index contributed by atoms with van der Waals surface area (Å²) in [5.41, 5.74) is 7.00. The lowest BCUT2D eigenvalue weighted by atomic mass is 9.52. The first-order valence-electron chi connectivity index (χ1n) is 12.6. The summed E-state index contributed by atoms with van der Waals surface area (Å²) in [6, 6.07) is 19.9. The van der Waals surface area contributed by atoms with E-state index in [-0.39, 0.29) is 22.3 Å². The minimum Gasteiger partial charge on any atom is -0.478 e. The van der Waals surface area contributed by atoms with Gasteiger partial charge in [-0.25, -0.2) is 19.2 Å². The third-order valence-corrected chi connectivity index (χ3v) is 8.68. The Balaban J connectivity index is 1.63. The second-order valence-electron chi connectivity index (χ2n) is 10.5. The standard InChI is InChI=1S/C32H20O8/c33-29(34)13-1-5-17-21(9-13)26-18-6-2-14(30(35)36)10-22(18)25(17)27-19-7-3-16(32(39)40)12-24(19)28(26)20-8-4-15(31(37)38)11-23(20)27/h1-12,25-28H,(H,33,34)(H,35,36)(H,37,38)(H,39,40)/t25-,26-,27+,28+. The van der Waals surface area contributed by atoms with Gasteiger partial charge in [0.15, 0.2) is 0 Å². The highest BCUT2D eigenvalue weighted by atomic mass is 16.4. The van der Waals surface area contributed by atoms with Gasteiger partial charge in [-0.1, -0.05) is 24.3 Å². The van der Waals surface area contributed by atoms with E-state index in [1.807, 2.05) is 0 Å². The quantitative estimate of drug-likeness (QED) is 0.275. The fourth-order valence-corrected chi connectivity index (χ4v) is 7.15. The van der Waals surface area contributed by atoms with E-state index in [4.69, 9.17) is 0 Å². The minimum atomic E-state index is -1.08. The van der Waals surface area contributed by atoms with Gasteiger partial charge in [-0.3, -0.25) is 0 Å². The van der Waals surface area contributed by atoms with Crippen molar-refractivity contribution >= 4 is 23.9 Å².